The van der Waals surface area contributed by atoms with Gasteiger partial charge < -0.3 is 14.7 Å². The number of imidazole rings is 1. The first kappa shape index (κ1) is 13.1. The summed E-state index contributed by atoms with van der Waals surface area (Å²) in [7, 11) is 0. The Kier molecular flexibility index (Phi) is 2.98. The van der Waals surface area contributed by atoms with Gasteiger partial charge in [0, 0.05) is 5.56 Å². The van der Waals surface area contributed by atoms with Crippen molar-refractivity contribution in [1.29, 1.82) is 0 Å². The van der Waals surface area contributed by atoms with Crippen LogP contribution in [-0.4, -0.2) is 9.55 Å². The van der Waals surface area contributed by atoms with E-state index in [1.54, 1.807) is 0 Å². The van der Waals surface area contributed by atoms with Gasteiger partial charge in [-0.1, -0.05) is 17.7 Å². The van der Waals surface area contributed by atoms with Gasteiger partial charge in [-0.15, -0.1) is 0 Å². The SMILES string of the molecule is Cc1cc(C(C)n2c(N)nc3c(Cl)cccc32)c(C)o1. The van der Waals surface area contributed by atoms with Crippen LogP contribution in [0.25, 0.3) is 11.0 Å². The van der Waals surface area contributed by atoms with Crippen molar-refractivity contribution >= 4 is 28.6 Å². The standard InChI is InChI=1S/C15H16ClN3O/c1-8-7-11(10(3)20-8)9(2)19-13-6-4-5-12(16)14(13)18-15(19)17/h4-7,9H,1-3H3,(H2,17,18). The van der Waals surface area contributed by atoms with Gasteiger partial charge in [-0.05, 0) is 39.0 Å². The number of fused-ring (bicyclic) bond motifs is 1. The molecule has 0 spiro atoms. The molecule has 0 radical (unpaired) electrons. The van der Waals surface area contributed by atoms with Gasteiger partial charge in [0.1, 0.15) is 17.0 Å². The second kappa shape index (κ2) is 4.56. The molecule has 5 heteroatoms. The van der Waals surface area contributed by atoms with Crippen molar-refractivity contribution in [2.24, 2.45) is 0 Å². The molecular weight excluding hydrogens is 274 g/mol. The second-order valence-electron chi connectivity index (χ2n) is 4.99. The largest absolute Gasteiger partial charge is 0.466 e. The Morgan fingerprint density at radius 2 is 2.10 bits per heavy atom. The summed E-state index contributed by atoms with van der Waals surface area (Å²) in [5.74, 6) is 2.25. The summed E-state index contributed by atoms with van der Waals surface area (Å²) >= 11 is 6.18. The quantitative estimate of drug-likeness (QED) is 0.773. The number of nitrogen functional groups attached to an aromatic ring is 1. The van der Waals surface area contributed by atoms with E-state index in [1.807, 2.05) is 42.7 Å². The molecule has 0 aliphatic heterocycles. The molecular formula is C15H16ClN3O. The molecule has 4 nitrogen and oxygen atoms in total. The van der Waals surface area contributed by atoms with Gasteiger partial charge >= 0.3 is 0 Å². The van der Waals surface area contributed by atoms with E-state index in [9.17, 15) is 0 Å². The molecule has 0 fully saturated rings. The Balaban J connectivity index is 2.21. The Morgan fingerprint density at radius 1 is 1.35 bits per heavy atom. The van der Waals surface area contributed by atoms with E-state index in [-0.39, 0.29) is 6.04 Å². The summed E-state index contributed by atoms with van der Waals surface area (Å²) in [6, 6.07) is 7.77. The third-order valence-corrected chi connectivity index (χ3v) is 3.92. The molecule has 0 aliphatic rings. The van der Waals surface area contributed by atoms with E-state index in [2.05, 4.69) is 11.9 Å². The van der Waals surface area contributed by atoms with Crippen molar-refractivity contribution in [1.82, 2.24) is 9.55 Å². The molecule has 104 valence electrons. The highest BCUT2D eigenvalue weighted by molar-refractivity contribution is 6.35. The maximum Gasteiger partial charge on any atom is 0.201 e. The Morgan fingerprint density at radius 3 is 2.75 bits per heavy atom. The molecule has 0 saturated carbocycles. The Bertz CT molecular complexity index is 788. The number of halogens is 1. The van der Waals surface area contributed by atoms with Crippen LogP contribution in [-0.2, 0) is 0 Å². The number of aryl methyl sites for hydroxylation is 2. The van der Waals surface area contributed by atoms with Crippen molar-refractivity contribution in [3.8, 4) is 0 Å². The van der Waals surface area contributed by atoms with Crippen LogP contribution in [0.2, 0.25) is 5.02 Å². The summed E-state index contributed by atoms with van der Waals surface area (Å²) in [6.45, 7) is 5.98. The molecule has 0 amide bonds. The zero-order valence-electron chi connectivity index (χ0n) is 11.6. The maximum atomic E-state index is 6.18. The molecule has 0 bridgehead atoms. The Hall–Kier alpha value is -1.94. The van der Waals surface area contributed by atoms with Crippen LogP contribution >= 0.6 is 11.6 Å². The smallest absolute Gasteiger partial charge is 0.201 e. The van der Waals surface area contributed by atoms with E-state index in [0.717, 1.165) is 28.1 Å². The topological polar surface area (TPSA) is 57.0 Å². The molecule has 1 atom stereocenters. The number of nitrogens with zero attached hydrogens (tertiary/aromatic N) is 2. The lowest BCUT2D eigenvalue weighted by molar-refractivity contribution is 0.495. The summed E-state index contributed by atoms with van der Waals surface area (Å²) in [4.78, 5) is 4.37. The third-order valence-electron chi connectivity index (χ3n) is 3.61. The second-order valence-corrected chi connectivity index (χ2v) is 5.40. The van der Waals surface area contributed by atoms with Gasteiger partial charge in [-0.3, -0.25) is 0 Å². The monoisotopic (exact) mass is 289 g/mol. The van der Waals surface area contributed by atoms with E-state index >= 15 is 0 Å². The summed E-state index contributed by atoms with van der Waals surface area (Å²) < 4.78 is 7.59. The number of hydrogen-bond acceptors (Lipinski definition) is 3. The number of benzene rings is 1. The van der Waals surface area contributed by atoms with Gasteiger partial charge in [0.15, 0.2) is 0 Å². The van der Waals surface area contributed by atoms with Crippen molar-refractivity contribution in [2.45, 2.75) is 26.8 Å². The van der Waals surface area contributed by atoms with Crippen LogP contribution in [0.5, 0.6) is 0 Å². The first-order valence-corrected chi connectivity index (χ1v) is 6.85. The minimum absolute atomic E-state index is 0.0379. The molecule has 3 rings (SSSR count). The molecule has 3 aromatic rings. The molecule has 2 heterocycles. The predicted octanol–water partition coefficient (Wildman–Crippen LogP) is 4.09. The van der Waals surface area contributed by atoms with Gasteiger partial charge in [-0.25, -0.2) is 4.98 Å². The van der Waals surface area contributed by atoms with Crippen molar-refractivity contribution in [2.75, 3.05) is 5.73 Å². The van der Waals surface area contributed by atoms with Gasteiger partial charge in [0.05, 0.1) is 16.6 Å². The fourth-order valence-electron chi connectivity index (χ4n) is 2.71. The first-order chi connectivity index (χ1) is 9.49. The lowest BCUT2D eigenvalue weighted by atomic mass is 10.1. The summed E-state index contributed by atoms with van der Waals surface area (Å²) in [6.07, 6.45) is 0. The highest BCUT2D eigenvalue weighted by Crippen LogP contribution is 2.32. The average molecular weight is 290 g/mol. The minimum Gasteiger partial charge on any atom is -0.466 e. The summed E-state index contributed by atoms with van der Waals surface area (Å²) in [5, 5.41) is 0.611. The number of rotatable bonds is 2. The molecule has 0 saturated heterocycles. The zero-order valence-corrected chi connectivity index (χ0v) is 12.4. The normalized spacial score (nSPS) is 13.0. The molecule has 20 heavy (non-hydrogen) atoms. The van der Waals surface area contributed by atoms with Crippen LogP contribution in [0.15, 0.2) is 28.7 Å². The highest BCUT2D eigenvalue weighted by Gasteiger charge is 2.20. The van der Waals surface area contributed by atoms with Crippen LogP contribution in [0.4, 0.5) is 5.95 Å². The lowest BCUT2D eigenvalue weighted by Gasteiger charge is -2.15. The van der Waals surface area contributed by atoms with Crippen LogP contribution in [0, 0.1) is 13.8 Å². The number of para-hydroxylation sites is 1. The molecule has 2 N–H and O–H groups in total. The van der Waals surface area contributed by atoms with Crippen LogP contribution < -0.4 is 5.73 Å². The van der Waals surface area contributed by atoms with Crippen LogP contribution in [0.1, 0.15) is 30.0 Å². The lowest BCUT2D eigenvalue weighted by Crippen LogP contribution is -2.10. The fraction of sp³-hybridized carbons (Fsp3) is 0.267. The highest BCUT2D eigenvalue weighted by atomic mass is 35.5. The maximum absolute atomic E-state index is 6.18. The van der Waals surface area contributed by atoms with E-state index in [0.29, 0.717) is 11.0 Å². The fourth-order valence-corrected chi connectivity index (χ4v) is 2.92. The van der Waals surface area contributed by atoms with E-state index in [1.165, 1.54) is 0 Å². The predicted molar refractivity (Wildman–Crippen MR) is 81.2 cm³/mol. The third kappa shape index (κ3) is 1.88. The van der Waals surface area contributed by atoms with Crippen molar-refractivity contribution in [3.05, 3.63) is 46.4 Å². The number of aromatic nitrogens is 2. The molecule has 0 aliphatic carbocycles. The van der Waals surface area contributed by atoms with Gasteiger partial charge in [0.25, 0.3) is 0 Å². The molecule has 1 unspecified atom stereocenters. The van der Waals surface area contributed by atoms with E-state index in [4.69, 9.17) is 21.8 Å². The number of anilines is 1. The van der Waals surface area contributed by atoms with Crippen molar-refractivity contribution < 1.29 is 4.42 Å². The van der Waals surface area contributed by atoms with Crippen LogP contribution in [0.3, 0.4) is 0 Å². The average Bonchev–Trinajstić information content (AvgIpc) is 2.89. The number of nitrogens with two attached hydrogens (primary N) is 1. The summed E-state index contributed by atoms with van der Waals surface area (Å²) in [5.41, 5.74) is 8.85. The van der Waals surface area contributed by atoms with Gasteiger partial charge in [-0.2, -0.15) is 0 Å². The minimum atomic E-state index is 0.0379. The molecule has 2 aromatic heterocycles. The first-order valence-electron chi connectivity index (χ1n) is 6.48. The van der Waals surface area contributed by atoms with E-state index < -0.39 is 0 Å². The Labute approximate surface area is 122 Å². The van der Waals surface area contributed by atoms with Gasteiger partial charge in [0.2, 0.25) is 5.95 Å². The molecule has 1 aromatic carbocycles. The van der Waals surface area contributed by atoms with Crippen molar-refractivity contribution in [3.63, 3.8) is 0 Å². The zero-order chi connectivity index (χ0) is 14.4. The number of furan rings is 1. The number of hydrogen-bond donors (Lipinski definition) is 1.